The van der Waals surface area contributed by atoms with Gasteiger partial charge in [-0.05, 0) is 56.4 Å². The maximum atomic E-state index is 13.0. The molecule has 0 saturated carbocycles. The molecular formula is C22H32N2O5S. The molecule has 0 aromatic heterocycles. The van der Waals surface area contributed by atoms with Crippen molar-refractivity contribution in [3.05, 3.63) is 29.8 Å². The summed E-state index contributed by atoms with van der Waals surface area (Å²) >= 11 is 0. The monoisotopic (exact) mass is 436 g/mol. The molecule has 2 aliphatic rings. The van der Waals surface area contributed by atoms with Crippen molar-refractivity contribution in [1.29, 1.82) is 0 Å². The highest BCUT2D eigenvalue weighted by Gasteiger charge is 2.36. The van der Waals surface area contributed by atoms with E-state index in [1.165, 1.54) is 4.31 Å². The zero-order valence-corrected chi connectivity index (χ0v) is 18.7. The van der Waals surface area contributed by atoms with E-state index in [1.54, 1.807) is 31.4 Å². The van der Waals surface area contributed by atoms with Crippen LogP contribution in [0.25, 0.3) is 0 Å². The summed E-state index contributed by atoms with van der Waals surface area (Å²) in [6, 6.07) is 7.14. The predicted octanol–water partition coefficient (Wildman–Crippen LogP) is 2.57. The third-order valence-corrected chi connectivity index (χ3v) is 8.18. The number of carbonyl (C=O) groups excluding carboxylic acids is 2. The van der Waals surface area contributed by atoms with Gasteiger partial charge in [-0.3, -0.25) is 9.59 Å². The Bertz CT molecular complexity index is 845. The van der Waals surface area contributed by atoms with E-state index >= 15 is 0 Å². The number of ether oxygens (including phenoxy) is 1. The van der Waals surface area contributed by atoms with Gasteiger partial charge in [0.25, 0.3) is 0 Å². The van der Waals surface area contributed by atoms with Crippen LogP contribution < -0.4 is 4.74 Å². The number of piperidine rings is 2. The van der Waals surface area contributed by atoms with Crippen LogP contribution in [-0.2, 0) is 14.8 Å². The van der Waals surface area contributed by atoms with Gasteiger partial charge < -0.3 is 9.64 Å². The summed E-state index contributed by atoms with van der Waals surface area (Å²) < 4.78 is 31.4. The number of amides is 1. The second-order valence-corrected chi connectivity index (χ2v) is 10.3. The second kappa shape index (κ2) is 9.92. The smallest absolute Gasteiger partial charge is 0.227 e. The van der Waals surface area contributed by atoms with Crippen LogP contribution in [0.1, 0.15) is 49.4 Å². The van der Waals surface area contributed by atoms with E-state index in [-0.39, 0.29) is 35.8 Å². The molecule has 2 fully saturated rings. The lowest BCUT2D eigenvalue weighted by molar-refractivity contribution is -0.138. The molecule has 7 nitrogen and oxygen atoms in total. The summed E-state index contributed by atoms with van der Waals surface area (Å²) in [7, 11) is -1.69. The third-order valence-electron chi connectivity index (χ3n) is 6.14. The molecule has 0 radical (unpaired) electrons. The molecule has 0 N–H and O–H groups in total. The van der Waals surface area contributed by atoms with Crippen LogP contribution in [-0.4, -0.2) is 68.4 Å². The molecule has 2 heterocycles. The van der Waals surface area contributed by atoms with Crippen LogP contribution in [0.5, 0.6) is 5.75 Å². The Morgan fingerprint density at radius 2 is 1.70 bits per heavy atom. The number of hydrogen-bond acceptors (Lipinski definition) is 5. The fourth-order valence-electron chi connectivity index (χ4n) is 4.39. The quantitative estimate of drug-likeness (QED) is 0.614. The van der Waals surface area contributed by atoms with E-state index < -0.39 is 10.0 Å². The van der Waals surface area contributed by atoms with Crippen molar-refractivity contribution in [3.63, 3.8) is 0 Å². The Morgan fingerprint density at radius 1 is 1.03 bits per heavy atom. The minimum Gasteiger partial charge on any atom is -0.497 e. The number of Topliss-reactive ketones (excluding diaryl/α,β-unsaturated/α-hetero) is 1. The standard InChI is InChI=1S/C22H32N2O5S/c1-3-15-30(27,28)24-12-4-5-19(16-24)22(26)23-13-10-18(11-14-23)21(25)17-6-8-20(29-2)9-7-17/h6-9,18-19H,3-5,10-16H2,1-2H3. The van der Waals surface area contributed by atoms with Crippen molar-refractivity contribution < 1.29 is 22.7 Å². The van der Waals surface area contributed by atoms with Gasteiger partial charge in [0, 0.05) is 37.7 Å². The normalized spacial score (nSPS) is 21.4. The molecular weight excluding hydrogens is 404 g/mol. The Balaban J connectivity index is 1.55. The molecule has 0 spiro atoms. The molecule has 1 unspecified atom stereocenters. The highest BCUT2D eigenvalue weighted by atomic mass is 32.2. The summed E-state index contributed by atoms with van der Waals surface area (Å²) in [6.45, 7) is 3.73. The second-order valence-electron chi connectivity index (χ2n) is 8.21. The first-order valence-corrected chi connectivity index (χ1v) is 12.4. The van der Waals surface area contributed by atoms with Crippen LogP contribution in [0.15, 0.2) is 24.3 Å². The molecule has 0 aliphatic carbocycles. The molecule has 1 aromatic carbocycles. The first-order valence-electron chi connectivity index (χ1n) is 10.8. The van der Waals surface area contributed by atoms with Gasteiger partial charge in [0.05, 0.1) is 18.8 Å². The predicted molar refractivity (Wildman–Crippen MR) is 115 cm³/mol. The highest BCUT2D eigenvalue weighted by Crippen LogP contribution is 2.27. The average molecular weight is 437 g/mol. The molecule has 1 aromatic rings. The Morgan fingerprint density at radius 3 is 2.30 bits per heavy atom. The van der Waals surface area contributed by atoms with Gasteiger partial charge in [-0.1, -0.05) is 6.92 Å². The van der Waals surface area contributed by atoms with Gasteiger partial charge in [-0.15, -0.1) is 0 Å². The van der Waals surface area contributed by atoms with Crippen LogP contribution in [0.4, 0.5) is 0 Å². The number of benzene rings is 1. The zero-order chi connectivity index (χ0) is 21.7. The number of rotatable bonds is 7. The molecule has 1 amide bonds. The first-order chi connectivity index (χ1) is 14.4. The summed E-state index contributed by atoms with van der Waals surface area (Å²) in [5.41, 5.74) is 0.671. The SMILES string of the molecule is CCCS(=O)(=O)N1CCCC(C(=O)N2CCC(C(=O)c3ccc(OC)cc3)CC2)C1. The molecule has 2 saturated heterocycles. The topological polar surface area (TPSA) is 84.0 Å². The lowest BCUT2D eigenvalue weighted by atomic mass is 9.88. The average Bonchev–Trinajstić information content (AvgIpc) is 2.78. The molecule has 1 atom stereocenters. The number of hydrogen-bond donors (Lipinski definition) is 0. The van der Waals surface area contributed by atoms with E-state index in [2.05, 4.69) is 0 Å². The van der Waals surface area contributed by atoms with Crippen LogP contribution >= 0.6 is 0 Å². The number of ketones is 1. The van der Waals surface area contributed by atoms with Crippen molar-refractivity contribution in [3.8, 4) is 5.75 Å². The third kappa shape index (κ3) is 5.21. The van der Waals surface area contributed by atoms with E-state index in [0.29, 0.717) is 50.9 Å². The first kappa shape index (κ1) is 22.7. The Labute approximate surface area is 179 Å². The number of sulfonamides is 1. The van der Waals surface area contributed by atoms with Crippen molar-refractivity contribution in [2.24, 2.45) is 11.8 Å². The van der Waals surface area contributed by atoms with Gasteiger partial charge in [0.1, 0.15) is 5.75 Å². The van der Waals surface area contributed by atoms with E-state index in [4.69, 9.17) is 4.74 Å². The van der Waals surface area contributed by atoms with E-state index in [1.807, 2.05) is 11.8 Å². The van der Waals surface area contributed by atoms with Gasteiger partial charge in [-0.2, -0.15) is 0 Å². The molecule has 2 aliphatic heterocycles. The maximum absolute atomic E-state index is 13.0. The van der Waals surface area contributed by atoms with Crippen LogP contribution in [0.2, 0.25) is 0 Å². The number of carbonyl (C=O) groups is 2. The van der Waals surface area contributed by atoms with Crippen molar-refractivity contribution >= 4 is 21.7 Å². The van der Waals surface area contributed by atoms with Gasteiger partial charge in [-0.25, -0.2) is 12.7 Å². The zero-order valence-electron chi connectivity index (χ0n) is 17.9. The fourth-order valence-corrected chi connectivity index (χ4v) is 5.98. The molecule has 8 heteroatoms. The minimum absolute atomic E-state index is 0.0294. The number of nitrogens with zero attached hydrogens (tertiary/aromatic N) is 2. The van der Waals surface area contributed by atoms with Crippen molar-refractivity contribution in [2.45, 2.75) is 39.0 Å². The Hall–Kier alpha value is -1.93. The lowest BCUT2D eigenvalue weighted by Crippen LogP contribution is -2.49. The summed E-state index contributed by atoms with van der Waals surface area (Å²) in [5, 5.41) is 0. The summed E-state index contributed by atoms with van der Waals surface area (Å²) in [6.07, 6.45) is 3.29. The lowest BCUT2D eigenvalue weighted by Gasteiger charge is -2.37. The molecule has 30 heavy (non-hydrogen) atoms. The molecule has 0 bridgehead atoms. The largest absolute Gasteiger partial charge is 0.497 e. The minimum atomic E-state index is -3.28. The van der Waals surface area contributed by atoms with Crippen molar-refractivity contribution in [1.82, 2.24) is 9.21 Å². The van der Waals surface area contributed by atoms with Crippen molar-refractivity contribution in [2.75, 3.05) is 39.0 Å². The van der Waals surface area contributed by atoms with E-state index in [0.717, 1.165) is 12.2 Å². The van der Waals surface area contributed by atoms with Crippen LogP contribution in [0, 0.1) is 11.8 Å². The summed E-state index contributed by atoms with van der Waals surface area (Å²) in [4.78, 5) is 27.6. The molecule has 166 valence electrons. The highest BCUT2D eigenvalue weighted by molar-refractivity contribution is 7.89. The van der Waals surface area contributed by atoms with E-state index in [9.17, 15) is 18.0 Å². The molecule has 3 rings (SSSR count). The summed E-state index contributed by atoms with van der Waals surface area (Å²) in [5.74, 6) is 0.622. The fraction of sp³-hybridized carbons (Fsp3) is 0.636. The van der Waals surface area contributed by atoms with Gasteiger partial charge in [0.2, 0.25) is 15.9 Å². The number of likely N-dealkylation sites (tertiary alicyclic amines) is 1. The van der Waals surface area contributed by atoms with Gasteiger partial charge >= 0.3 is 0 Å². The Kier molecular flexibility index (Phi) is 7.52. The number of methoxy groups -OCH3 is 1. The van der Waals surface area contributed by atoms with Crippen LogP contribution in [0.3, 0.4) is 0 Å². The maximum Gasteiger partial charge on any atom is 0.227 e. The van der Waals surface area contributed by atoms with Gasteiger partial charge in [0.15, 0.2) is 5.78 Å².